The van der Waals surface area contributed by atoms with Crippen molar-refractivity contribution in [2.24, 2.45) is 0 Å². The number of β-lactam (4-membered cyclic amide) rings is 1. The number of esters is 1. The average molecular weight is 451 g/mol. The molecule has 3 heterocycles. The number of carboxylic acid groups (broad SMARTS) is 1. The van der Waals surface area contributed by atoms with Gasteiger partial charge < -0.3 is 24.5 Å². The van der Waals surface area contributed by atoms with Gasteiger partial charge in [0, 0.05) is 31.6 Å². The topological polar surface area (TPSA) is 144 Å². The minimum absolute atomic E-state index is 0.160. The molecule has 0 aromatic carbocycles. The molecular formula is C19H21N3O8S. The van der Waals surface area contributed by atoms with Crippen molar-refractivity contribution >= 4 is 41.8 Å². The van der Waals surface area contributed by atoms with Gasteiger partial charge in [0.2, 0.25) is 5.91 Å². The molecule has 2 aliphatic heterocycles. The third kappa shape index (κ3) is 3.72. The fourth-order valence-electron chi connectivity index (χ4n) is 3.52. The number of nitrogens with one attached hydrogen (secondary N) is 1. The smallest absolute Gasteiger partial charge is 0.352 e. The second-order valence-electron chi connectivity index (χ2n) is 6.94. The zero-order valence-corrected chi connectivity index (χ0v) is 17.8. The molecule has 1 fully saturated rings. The Labute approximate surface area is 181 Å². The van der Waals surface area contributed by atoms with Crippen molar-refractivity contribution in [1.82, 2.24) is 14.8 Å². The Balaban J connectivity index is 1.85. The van der Waals surface area contributed by atoms with Crippen molar-refractivity contribution < 1.29 is 38.6 Å². The SMILES string of the molecule is COC1(NC(=O)C(C)n2cccc2C=O)C(=O)N2C(C(=O)O)=C(COC(C)=O)CSC21. The molecule has 0 saturated carbocycles. The minimum Gasteiger partial charge on any atom is -0.477 e. The molecule has 1 saturated heterocycles. The molecule has 31 heavy (non-hydrogen) atoms. The number of hydrogen-bond donors (Lipinski definition) is 2. The van der Waals surface area contributed by atoms with E-state index in [0.29, 0.717) is 6.29 Å². The monoisotopic (exact) mass is 451 g/mol. The number of thioether (sulfide) groups is 1. The summed E-state index contributed by atoms with van der Waals surface area (Å²) in [6, 6.07) is 2.33. The first kappa shape index (κ1) is 22.6. The summed E-state index contributed by atoms with van der Waals surface area (Å²) in [4.78, 5) is 61.0. The lowest BCUT2D eigenvalue weighted by Gasteiger charge is -2.55. The molecule has 2 amide bonds. The van der Waals surface area contributed by atoms with Crippen LogP contribution in [0.2, 0.25) is 0 Å². The van der Waals surface area contributed by atoms with Gasteiger partial charge >= 0.3 is 11.9 Å². The highest BCUT2D eigenvalue weighted by Crippen LogP contribution is 2.46. The molecule has 166 valence electrons. The average Bonchev–Trinajstić information content (AvgIpc) is 3.22. The first-order chi connectivity index (χ1) is 14.7. The molecule has 0 bridgehead atoms. The number of nitrogens with zero attached hydrogens (tertiary/aromatic N) is 2. The van der Waals surface area contributed by atoms with Gasteiger partial charge in [0.1, 0.15) is 23.7 Å². The van der Waals surface area contributed by atoms with Crippen LogP contribution in [0.5, 0.6) is 0 Å². The van der Waals surface area contributed by atoms with Crippen molar-refractivity contribution in [2.45, 2.75) is 31.0 Å². The van der Waals surface area contributed by atoms with Gasteiger partial charge in [0.25, 0.3) is 11.6 Å². The van der Waals surface area contributed by atoms with E-state index in [4.69, 9.17) is 9.47 Å². The molecule has 2 N–H and O–H groups in total. The Hall–Kier alpha value is -3.12. The summed E-state index contributed by atoms with van der Waals surface area (Å²) in [5, 5.41) is 11.4. The lowest BCUT2D eigenvalue weighted by atomic mass is 9.97. The Morgan fingerprint density at radius 1 is 1.45 bits per heavy atom. The molecule has 11 nitrogen and oxygen atoms in total. The molecule has 1 aromatic heterocycles. The van der Waals surface area contributed by atoms with Gasteiger partial charge in [-0.1, -0.05) is 0 Å². The van der Waals surface area contributed by atoms with Crippen LogP contribution in [0.3, 0.4) is 0 Å². The van der Waals surface area contributed by atoms with Crippen LogP contribution in [0.4, 0.5) is 0 Å². The van der Waals surface area contributed by atoms with E-state index in [1.165, 1.54) is 30.4 Å². The summed E-state index contributed by atoms with van der Waals surface area (Å²) in [6.07, 6.45) is 2.17. The van der Waals surface area contributed by atoms with Crippen LogP contribution >= 0.6 is 11.8 Å². The van der Waals surface area contributed by atoms with E-state index in [-0.39, 0.29) is 29.3 Å². The van der Waals surface area contributed by atoms with Gasteiger partial charge in [0.15, 0.2) is 6.29 Å². The Bertz CT molecular complexity index is 987. The van der Waals surface area contributed by atoms with E-state index in [1.54, 1.807) is 25.3 Å². The van der Waals surface area contributed by atoms with Crippen molar-refractivity contribution in [3.05, 3.63) is 35.3 Å². The number of carbonyl (C=O) groups is 5. The van der Waals surface area contributed by atoms with Gasteiger partial charge in [-0.05, 0) is 19.1 Å². The van der Waals surface area contributed by atoms with E-state index in [2.05, 4.69) is 5.32 Å². The molecular weight excluding hydrogens is 430 g/mol. The number of carboxylic acids is 1. The number of hydrogen-bond acceptors (Lipinski definition) is 8. The van der Waals surface area contributed by atoms with Gasteiger partial charge in [0.05, 0.1) is 5.69 Å². The number of aldehydes is 1. The molecule has 0 spiro atoms. The molecule has 3 atom stereocenters. The Morgan fingerprint density at radius 3 is 2.74 bits per heavy atom. The summed E-state index contributed by atoms with van der Waals surface area (Å²) < 4.78 is 11.7. The van der Waals surface area contributed by atoms with E-state index >= 15 is 0 Å². The van der Waals surface area contributed by atoms with Crippen LogP contribution in [-0.4, -0.2) is 75.2 Å². The molecule has 1 aromatic rings. The summed E-state index contributed by atoms with van der Waals surface area (Å²) in [5.74, 6) is -3.11. The molecule has 0 radical (unpaired) electrons. The zero-order chi connectivity index (χ0) is 22.9. The summed E-state index contributed by atoms with van der Waals surface area (Å²) in [5.41, 5.74) is -1.50. The van der Waals surface area contributed by atoms with Crippen LogP contribution in [0, 0.1) is 0 Å². The highest BCUT2D eigenvalue weighted by atomic mass is 32.2. The maximum atomic E-state index is 13.0. The maximum Gasteiger partial charge on any atom is 0.352 e. The minimum atomic E-state index is -1.77. The predicted molar refractivity (Wildman–Crippen MR) is 107 cm³/mol. The van der Waals surface area contributed by atoms with E-state index in [9.17, 15) is 29.1 Å². The number of amides is 2. The van der Waals surface area contributed by atoms with Crippen LogP contribution in [0.25, 0.3) is 0 Å². The normalized spacial score (nSPS) is 23.5. The number of rotatable bonds is 8. The molecule has 0 aliphatic carbocycles. The number of fused-ring (bicyclic) bond motifs is 1. The standard InChI is InChI=1S/C19H21N3O8S/c1-10(21-6-4-5-13(21)7-23)15(25)20-19(29-3)17(28)22-14(16(26)27)12(8-30-11(2)24)9-31-18(19)22/h4-7,10,18H,8-9H2,1-3H3,(H,20,25)(H,26,27). The van der Waals surface area contributed by atoms with Gasteiger partial charge in [-0.2, -0.15) is 0 Å². The molecule has 12 heteroatoms. The van der Waals surface area contributed by atoms with Crippen molar-refractivity contribution in [1.29, 1.82) is 0 Å². The fraction of sp³-hybridized carbons (Fsp3) is 0.421. The molecule has 2 aliphatic rings. The Kier molecular flexibility index (Phi) is 6.23. The number of aromatic nitrogens is 1. The predicted octanol–water partition coefficient (Wildman–Crippen LogP) is 0.137. The third-order valence-corrected chi connectivity index (χ3v) is 6.50. The number of carbonyl (C=O) groups excluding carboxylic acids is 4. The maximum absolute atomic E-state index is 13.0. The van der Waals surface area contributed by atoms with Crippen LogP contribution in [-0.2, 0) is 28.7 Å². The van der Waals surface area contributed by atoms with Crippen molar-refractivity contribution in [3.63, 3.8) is 0 Å². The lowest BCUT2D eigenvalue weighted by molar-refractivity contribution is -0.193. The summed E-state index contributed by atoms with van der Waals surface area (Å²) in [6.45, 7) is 2.49. The fourth-order valence-corrected chi connectivity index (χ4v) is 4.94. The summed E-state index contributed by atoms with van der Waals surface area (Å²) in [7, 11) is 1.24. The van der Waals surface area contributed by atoms with Gasteiger partial charge in [-0.3, -0.25) is 24.1 Å². The second kappa shape index (κ2) is 8.55. The van der Waals surface area contributed by atoms with Crippen LogP contribution in [0.1, 0.15) is 30.4 Å². The van der Waals surface area contributed by atoms with Crippen molar-refractivity contribution in [2.75, 3.05) is 19.5 Å². The largest absolute Gasteiger partial charge is 0.477 e. The number of methoxy groups -OCH3 is 1. The van der Waals surface area contributed by atoms with E-state index < -0.39 is 40.9 Å². The van der Waals surface area contributed by atoms with E-state index in [1.807, 2.05) is 0 Å². The number of ether oxygens (including phenoxy) is 2. The molecule has 3 rings (SSSR count). The first-order valence-electron chi connectivity index (χ1n) is 9.21. The Morgan fingerprint density at radius 2 is 2.16 bits per heavy atom. The van der Waals surface area contributed by atoms with E-state index in [0.717, 1.165) is 4.90 Å². The lowest BCUT2D eigenvalue weighted by Crippen LogP contribution is -2.81. The summed E-state index contributed by atoms with van der Waals surface area (Å²) >= 11 is 1.18. The number of aliphatic carboxylic acids is 1. The zero-order valence-electron chi connectivity index (χ0n) is 17.0. The second-order valence-corrected chi connectivity index (χ2v) is 8.01. The van der Waals surface area contributed by atoms with Gasteiger partial charge in [-0.25, -0.2) is 4.79 Å². The van der Waals surface area contributed by atoms with Gasteiger partial charge in [-0.15, -0.1) is 11.8 Å². The third-order valence-electron chi connectivity index (χ3n) is 5.12. The van der Waals surface area contributed by atoms with Crippen molar-refractivity contribution in [3.8, 4) is 0 Å². The van der Waals surface area contributed by atoms with Crippen LogP contribution < -0.4 is 5.32 Å². The highest BCUT2D eigenvalue weighted by molar-refractivity contribution is 8.00. The van der Waals surface area contributed by atoms with Crippen LogP contribution in [0.15, 0.2) is 29.6 Å². The highest BCUT2D eigenvalue weighted by Gasteiger charge is 2.66. The molecule has 3 unspecified atom stereocenters. The quantitative estimate of drug-likeness (QED) is 0.244. The first-order valence-corrected chi connectivity index (χ1v) is 10.3.